The molecule has 67 heavy (non-hydrogen) atoms. The smallest absolute Gasteiger partial charge is 0.846 e. The number of hydrogen-bond acceptors (Lipinski definition) is 10. The summed E-state index contributed by atoms with van der Waals surface area (Å²) in [4.78, 5) is 36.5. The third-order valence-electron chi connectivity index (χ3n) is 8.55. The summed E-state index contributed by atoms with van der Waals surface area (Å²) in [6.07, 6.45) is 3.84. The van der Waals surface area contributed by atoms with Crippen molar-refractivity contribution in [3.63, 3.8) is 0 Å². The molecule has 5 N–H and O–H groups in total. The van der Waals surface area contributed by atoms with Crippen LogP contribution in [-0.2, 0) is 40.0 Å². The van der Waals surface area contributed by atoms with Gasteiger partial charge in [0.15, 0.2) is 0 Å². The molecule has 18 heteroatoms. The Balaban J connectivity index is 0.000000435. The summed E-state index contributed by atoms with van der Waals surface area (Å²) >= 11 is 0. The summed E-state index contributed by atoms with van der Waals surface area (Å²) in [6.45, 7) is 0. The first kappa shape index (κ1) is 57.9. The maximum atomic E-state index is 10.6. The first-order valence-corrected chi connectivity index (χ1v) is 22.8. The quantitative estimate of drug-likeness (QED) is 0.103. The van der Waals surface area contributed by atoms with Crippen molar-refractivity contribution >= 4 is 59.9 Å². The van der Waals surface area contributed by atoms with E-state index >= 15 is 0 Å². The molecular formula is C49H54N8O7P2Pt+2. The van der Waals surface area contributed by atoms with Gasteiger partial charge < -0.3 is 45.7 Å². The minimum absolute atomic E-state index is 0. The number of nitrogens with zero attached hydrogens (tertiary/aromatic N) is 6. The fourth-order valence-electron chi connectivity index (χ4n) is 5.57. The molecule has 0 spiro atoms. The largest absolute Gasteiger partial charge is 2.00 e. The van der Waals surface area contributed by atoms with E-state index in [4.69, 9.17) is 26.5 Å². The van der Waals surface area contributed by atoms with Gasteiger partial charge in [0.05, 0.1) is 26.9 Å². The molecule has 0 aliphatic heterocycles. The Kier molecular flexibility index (Phi) is 28.1. The number of carbonyl (C=O) groups excluding carboxylic acids is 1. The average molecular weight is 1120 g/mol. The number of carbonyl (C=O) groups is 1. The number of benzene rings is 6. The average Bonchev–Trinajstić information content (AvgIpc) is 3.32. The zero-order chi connectivity index (χ0) is 47.4. The van der Waals surface area contributed by atoms with Crippen LogP contribution in [0.2, 0.25) is 0 Å². The van der Waals surface area contributed by atoms with Gasteiger partial charge in [-0.05, 0) is 84.9 Å². The van der Waals surface area contributed by atoms with Gasteiger partial charge in [0.1, 0.15) is 43.1 Å². The Hall–Kier alpha value is -7.14. The molecule has 350 valence electrons. The minimum atomic E-state index is -1.75. The Bertz CT molecular complexity index is 2380. The van der Waals surface area contributed by atoms with E-state index in [1.807, 2.05) is 0 Å². The van der Waals surface area contributed by atoms with Crippen LogP contribution in [0.15, 0.2) is 211 Å². The minimum Gasteiger partial charge on any atom is -0.846 e. The summed E-state index contributed by atoms with van der Waals surface area (Å²) in [5.74, 6) is 0.262. The zero-order valence-electron chi connectivity index (χ0n) is 37.2. The predicted octanol–water partition coefficient (Wildman–Crippen LogP) is 3.33. The second-order valence-electron chi connectivity index (χ2n) is 13.7. The number of rotatable bonds is 7. The standard InChI is InChI=1S/2C18H15P.2C5H7N3O.C3H7NO.NO3.H2O.Pt/c2*1-4-10-16(11-5-1)19(17-12-6-2-7-13-17)18-14-8-3-9-15-18;2*1-8-3-2-4(6)7-5(8)9;1-4(2)3-5;2-1(3)4;;/h2*1-15H;2*2-3H,1H3,(H2,6,7,9);3H,1-2H3;;1H2;/q;;;;;-1;;+2/p+1. The number of nitrogen functional groups attached to an aromatic ring is 1. The summed E-state index contributed by atoms with van der Waals surface area (Å²) in [5.41, 5.74) is 4.89. The van der Waals surface area contributed by atoms with E-state index in [1.165, 1.54) is 58.1 Å². The second kappa shape index (κ2) is 32.5. The number of nitrogens with one attached hydrogen (secondary N) is 1. The van der Waals surface area contributed by atoms with Crippen molar-refractivity contribution in [1.29, 1.82) is 5.41 Å². The fourth-order valence-corrected chi connectivity index (χ4v) is 10.7. The molecule has 0 saturated carbocycles. The number of hydrogen-bond donors (Lipinski definition) is 2. The van der Waals surface area contributed by atoms with Gasteiger partial charge in [-0.25, -0.2) is 9.78 Å². The molecular weight excluding hydrogens is 1070 g/mol. The first-order valence-electron chi connectivity index (χ1n) is 19.8. The van der Waals surface area contributed by atoms with E-state index < -0.39 is 20.9 Å². The molecule has 0 bridgehead atoms. The summed E-state index contributed by atoms with van der Waals surface area (Å²) in [6, 6.07) is 67.6. The molecule has 1 amide bonds. The summed E-state index contributed by atoms with van der Waals surface area (Å²) < 4.78 is 2.68. The van der Waals surface area contributed by atoms with Gasteiger partial charge in [0, 0.05) is 40.6 Å². The van der Waals surface area contributed by atoms with Crippen molar-refractivity contribution in [1.82, 2.24) is 24.0 Å². The van der Waals surface area contributed by atoms with Gasteiger partial charge >= 0.3 is 26.8 Å². The van der Waals surface area contributed by atoms with Crippen LogP contribution in [0.3, 0.4) is 0 Å². The monoisotopic (exact) mass is 1120 g/mol. The van der Waals surface area contributed by atoms with E-state index in [1.54, 1.807) is 40.5 Å². The molecule has 6 aromatic carbocycles. The van der Waals surface area contributed by atoms with E-state index in [0.29, 0.717) is 0 Å². The van der Waals surface area contributed by atoms with E-state index in [9.17, 15) is 14.7 Å². The molecule has 0 aliphatic carbocycles. The van der Waals surface area contributed by atoms with Crippen LogP contribution in [0.4, 0.5) is 5.82 Å². The van der Waals surface area contributed by atoms with Crippen LogP contribution < -0.4 is 53.8 Å². The fraction of sp³-hybridized carbons (Fsp3) is 0.0816. The molecule has 0 radical (unpaired) electrons. The van der Waals surface area contributed by atoms with Crippen molar-refractivity contribution < 1.29 is 41.5 Å². The van der Waals surface area contributed by atoms with Crippen LogP contribution in [0.25, 0.3) is 0 Å². The van der Waals surface area contributed by atoms with Crippen molar-refractivity contribution in [3.05, 3.63) is 238 Å². The van der Waals surface area contributed by atoms with Crippen LogP contribution in [0, 0.1) is 20.7 Å². The molecule has 0 unspecified atom stereocenters. The molecule has 0 atom stereocenters. The normalized spacial score (nSPS) is 9.40. The summed E-state index contributed by atoms with van der Waals surface area (Å²) in [7, 11) is 4.83. The molecule has 0 aliphatic rings. The van der Waals surface area contributed by atoms with Crippen molar-refractivity contribution in [2.45, 2.75) is 0 Å². The van der Waals surface area contributed by atoms with Crippen LogP contribution in [0.5, 0.6) is 6.01 Å². The van der Waals surface area contributed by atoms with Gasteiger partial charge in [0.25, 0.3) is 0 Å². The third kappa shape index (κ3) is 22.1. The van der Waals surface area contributed by atoms with Crippen LogP contribution in [-0.4, -0.2) is 55.1 Å². The summed E-state index contributed by atoms with van der Waals surface area (Å²) in [5, 5.41) is 40.8. The molecule has 8 aromatic rings. The van der Waals surface area contributed by atoms with Crippen molar-refractivity contribution in [3.8, 4) is 6.01 Å². The molecule has 15 nitrogen and oxygen atoms in total. The number of aryl methyl sites for hydroxylation is 2. The van der Waals surface area contributed by atoms with E-state index in [2.05, 4.69) is 192 Å². The van der Waals surface area contributed by atoms with Crippen LogP contribution >= 0.6 is 15.8 Å². The first-order chi connectivity index (χ1) is 31.3. The molecule has 0 saturated heterocycles. The van der Waals surface area contributed by atoms with E-state index in [0.717, 1.165) is 6.41 Å². The predicted molar refractivity (Wildman–Crippen MR) is 269 cm³/mol. The number of amides is 1. The molecule has 0 fully saturated rings. The van der Waals surface area contributed by atoms with Gasteiger partial charge in [-0.15, -0.1) is 0 Å². The Labute approximate surface area is 406 Å². The zero-order valence-corrected chi connectivity index (χ0v) is 41.5. The Morgan fingerprint density at radius 2 is 0.821 bits per heavy atom. The SMILES string of the molecule is CN(C)C=O.Cn1ccc(=N)nc1[O-].Cn1ccc(N)nc1=O.O.O=[N+]([O-])[O-].[Pt+2].c1ccc([PH+](c2ccccc2)c2ccccc2)cc1.c1ccc([PH+](c2ccccc2)c2ccccc2)cc1. The maximum Gasteiger partial charge on any atom is 2.00 e. The molecule has 8 rings (SSSR count). The van der Waals surface area contributed by atoms with Crippen molar-refractivity contribution in [2.24, 2.45) is 14.1 Å². The number of aromatic nitrogens is 4. The van der Waals surface area contributed by atoms with Gasteiger partial charge in [-0.2, -0.15) is 4.98 Å². The van der Waals surface area contributed by atoms with E-state index in [-0.39, 0.29) is 49.5 Å². The Morgan fingerprint density at radius 1 is 0.567 bits per heavy atom. The van der Waals surface area contributed by atoms with Crippen LogP contribution in [0.1, 0.15) is 0 Å². The van der Waals surface area contributed by atoms with Crippen molar-refractivity contribution in [2.75, 3.05) is 19.8 Å². The number of anilines is 1. The van der Waals surface area contributed by atoms with Gasteiger partial charge in [-0.3, -0.25) is 10.2 Å². The number of nitrogens with two attached hydrogens (primary N) is 1. The topological polar surface area (TPSA) is 244 Å². The molecule has 2 aromatic heterocycles. The third-order valence-corrected chi connectivity index (χ3v) is 14.0. The maximum absolute atomic E-state index is 10.6. The van der Waals surface area contributed by atoms with Gasteiger partial charge in [0.2, 0.25) is 6.41 Å². The Morgan fingerprint density at radius 3 is 1.01 bits per heavy atom. The molecule has 2 heterocycles. The second-order valence-corrected chi connectivity index (χ2v) is 18.7. The van der Waals surface area contributed by atoms with Gasteiger partial charge in [-0.1, -0.05) is 109 Å².